The van der Waals surface area contributed by atoms with E-state index in [1.807, 2.05) is 0 Å². The van der Waals surface area contributed by atoms with E-state index in [-0.39, 0.29) is 17.8 Å². The van der Waals surface area contributed by atoms with Gasteiger partial charge in [0, 0.05) is 30.1 Å². The average Bonchev–Trinajstić information content (AvgIpc) is 3.15. The van der Waals surface area contributed by atoms with Gasteiger partial charge in [0.05, 0.1) is 0 Å². The second-order valence-electron chi connectivity index (χ2n) is 8.05. The Balaban J connectivity index is 1.68. The second-order valence-corrected chi connectivity index (χ2v) is 8.91. The van der Waals surface area contributed by atoms with Crippen LogP contribution < -0.4 is 5.32 Å². The van der Waals surface area contributed by atoms with Crippen LogP contribution in [0.25, 0.3) is 10.6 Å². The van der Waals surface area contributed by atoms with Crippen molar-refractivity contribution in [3.8, 4) is 10.6 Å². The molecule has 0 spiro atoms. The molecule has 6 nitrogen and oxygen atoms in total. The molecule has 1 N–H and O–H groups in total. The Labute approximate surface area is 174 Å². The lowest BCUT2D eigenvalue weighted by Crippen LogP contribution is -2.50. The van der Waals surface area contributed by atoms with E-state index in [1.54, 1.807) is 49.3 Å². The van der Waals surface area contributed by atoms with E-state index in [4.69, 9.17) is 4.74 Å². The van der Waals surface area contributed by atoms with Crippen molar-refractivity contribution < 1.29 is 18.7 Å². The molecule has 1 aromatic carbocycles. The fourth-order valence-corrected chi connectivity index (χ4v) is 4.09. The number of nitrogens with one attached hydrogen (secondary N) is 1. The first-order valence-electron chi connectivity index (χ1n) is 9.73. The molecule has 1 aromatic heterocycles. The highest BCUT2D eigenvalue weighted by atomic mass is 32.1. The predicted octanol–water partition coefficient (Wildman–Crippen LogP) is 4.47. The van der Waals surface area contributed by atoms with Crippen LogP contribution >= 0.6 is 11.3 Å². The third kappa shape index (κ3) is 5.53. The van der Waals surface area contributed by atoms with Crippen LogP contribution in [0.4, 0.5) is 9.18 Å². The van der Waals surface area contributed by atoms with Gasteiger partial charge in [-0.15, -0.1) is 11.3 Å². The number of carbonyl (C=O) groups excluding carboxylic acids is 2. The van der Waals surface area contributed by atoms with Crippen LogP contribution in [0.2, 0.25) is 0 Å². The quantitative estimate of drug-likeness (QED) is 0.794. The maximum atomic E-state index is 14.0. The first kappa shape index (κ1) is 21.2. The maximum Gasteiger partial charge on any atom is 0.407 e. The normalized spacial score (nSPS) is 17.1. The number of aromatic nitrogens is 1. The smallest absolute Gasteiger partial charge is 0.407 e. The first-order chi connectivity index (χ1) is 13.7. The van der Waals surface area contributed by atoms with Gasteiger partial charge >= 0.3 is 6.09 Å². The van der Waals surface area contributed by atoms with Gasteiger partial charge in [-0.1, -0.05) is 12.1 Å². The van der Waals surface area contributed by atoms with Crippen LogP contribution in [-0.2, 0) is 4.74 Å². The zero-order valence-corrected chi connectivity index (χ0v) is 17.7. The summed E-state index contributed by atoms with van der Waals surface area (Å²) in [5, 5.41) is 4.90. The Morgan fingerprint density at radius 2 is 2.07 bits per heavy atom. The number of nitrogens with zero attached hydrogens (tertiary/aromatic N) is 2. The van der Waals surface area contributed by atoms with Crippen LogP contribution in [0.1, 0.15) is 50.5 Å². The zero-order valence-electron chi connectivity index (χ0n) is 16.9. The van der Waals surface area contributed by atoms with Crippen LogP contribution in [0, 0.1) is 5.82 Å². The van der Waals surface area contributed by atoms with Gasteiger partial charge in [0.25, 0.3) is 5.91 Å². The van der Waals surface area contributed by atoms with Gasteiger partial charge in [-0.05, 0) is 52.2 Å². The molecular formula is C21H26FN3O3S. The van der Waals surface area contributed by atoms with Crippen LogP contribution in [0.3, 0.4) is 0 Å². The predicted molar refractivity (Wildman–Crippen MR) is 110 cm³/mol. The highest BCUT2D eigenvalue weighted by Crippen LogP contribution is 2.27. The minimum absolute atomic E-state index is 0.123. The number of ether oxygens (including phenoxy) is 1. The summed E-state index contributed by atoms with van der Waals surface area (Å²) < 4.78 is 19.3. The van der Waals surface area contributed by atoms with Crippen LogP contribution in [0.15, 0.2) is 29.6 Å². The molecule has 2 heterocycles. The van der Waals surface area contributed by atoms with Crippen LogP contribution in [0.5, 0.6) is 0 Å². The largest absolute Gasteiger partial charge is 0.444 e. The topological polar surface area (TPSA) is 71.5 Å². The van der Waals surface area contributed by atoms with Gasteiger partial charge in [0.15, 0.2) is 0 Å². The standard InChI is InChI=1S/C21H26FN3O3S/c1-21(2,3)28-20(27)23-12-14-8-6-7-11-25(14)19(26)17-13-29-18(24-17)15-9-4-5-10-16(15)22/h4-5,9-10,13-14H,6-8,11-12H2,1-3H3,(H,23,27). The number of thiazole rings is 1. The van der Waals surface area contributed by atoms with E-state index in [0.29, 0.717) is 29.4 Å². The van der Waals surface area contributed by atoms with Crippen molar-refractivity contribution in [2.75, 3.05) is 13.1 Å². The molecule has 0 radical (unpaired) electrons. The molecular weight excluding hydrogens is 393 g/mol. The molecule has 2 aromatic rings. The molecule has 0 saturated carbocycles. The molecule has 0 aliphatic carbocycles. The number of rotatable bonds is 4. The van der Waals surface area contributed by atoms with E-state index in [0.717, 1.165) is 19.3 Å². The summed E-state index contributed by atoms with van der Waals surface area (Å²) in [6.45, 7) is 6.34. The number of likely N-dealkylation sites (tertiary alicyclic amines) is 1. The SMILES string of the molecule is CC(C)(C)OC(=O)NCC1CCCCN1C(=O)c1csc(-c2ccccc2F)n1. The Kier molecular flexibility index (Phi) is 6.52. The molecule has 8 heteroatoms. The lowest BCUT2D eigenvalue weighted by molar-refractivity contribution is 0.0461. The molecule has 156 valence electrons. The number of piperidine rings is 1. The third-order valence-corrected chi connectivity index (χ3v) is 5.47. The highest BCUT2D eigenvalue weighted by Gasteiger charge is 2.30. The number of alkyl carbamates (subject to hydrolysis) is 1. The van der Waals surface area contributed by atoms with Crippen molar-refractivity contribution in [1.82, 2.24) is 15.2 Å². The molecule has 2 amide bonds. The van der Waals surface area contributed by atoms with Gasteiger partial charge in [0.1, 0.15) is 22.1 Å². The van der Waals surface area contributed by atoms with Crippen LogP contribution in [-0.4, -0.2) is 46.6 Å². The van der Waals surface area contributed by atoms with Crippen molar-refractivity contribution in [3.05, 3.63) is 41.2 Å². The number of hydrogen-bond donors (Lipinski definition) is 1. The van der Waals surface area contributed by atoms with E-state index >= 15 is 0 Å². The molecule has 1 aliphatic rings. The summed E-state index contributed by atoms with van der Waals surface area (Å²) in [7, 11) is 0. The Hall–Kier alpha value is -2.48. The summed E-state index contributed by atoms with van der Waals surface area (Å²) >= 11 is 1.25. The third-order valence-electron chi connectivity index (χ3n) is 4.60. The fourth-order valence-electron chi connectivity index (χ4n) is 3.27. The monoisotopic (exact) mass is 419 g/mol. The Bertz CT molecular complexity index is 878. The molecule has 3 rings (SSSR count). The van der Waals surface area contributed by atoms with Gasteiger partial charge in [-0.25, -0.2) is 14.2 Å². The van der Waals surface area contributed by atoms with Crippen molar-refractivity contribution in [3.63, 3.8) is 0 Å². The Morgan fingerprint density at radius 3 is 2.79 bits per heavy atom. The minimum atomic E-state index is -0.574. The molecule has 1 atom stereocenters. The second kappa shape index (κ2) is 8.90. The molecule has 29 heavy (non-hydrogen) atoms. The number of halogens is 1. The summed E-state index contributed by atoms with van der Waals surface area (Å²) in [5.41, 5.74) is 0.117. The van der Waals surface area contributed by atoms with Gasteiger partial charge < -0.3 is 15.0 Å². The summed E-state index contributed by atoms with van der Waals surface area (Å²) in [4.78, 5) is 31.1. The number of benzene rings is 1. The lowest BCUT2D eigenvalue weighted by atomic mass is 10.0. The number of amides is 2. The fraction of sp³-hybridized carbons (Fsp3) is 0.476. The van der Waals surface area contributed by atoms with Gasteiger partial charge in [0.2, 0.25) is 0 Å². The maximum absolute atomic E-state index is 14.0. The van der Waals surface area contributed by atoms with Crippen molar-refractivity contribution >= 4 is 23.3 Å². The number of hydrogen-bond acceptors (Lipinski definition) is 5. The van der Waals surface area contributed by atoms with Crippen molar-refractivity contribution in [1.29, 1.82) is 0 Å². The minimum Gasteiger partial charge on any atom is -0.444 e. The van der Waals surface area contributed by atoms with E-state index < -0.39 is 11.7 Å². The average molecular weight is 420 g/mol. The van der Waals surface area contributed by atoms with Crippen molar-refractivity contribution in [2.45, 2.75) is 51.7 Å². The first-order valence-corrected chi connectivity index (χ1v) is 10.6. The van der Waals surface area contributed by atoms with Gasteiger partial charge in [-0.3, -0.25) is 4.79 Å². The lowest BCUT2D eigenvalue weighted by Gasteiger charge is -2.35. The molecule has 1 fully saturated rings. The van der Waals surface area contributed by atoms with Crippen molar-refractivity contribution in [2.24, 2.45) is 0 Å². The van der Waals surface area contributed by atoms with E-state index in [2.05, 4.69) is 10.3 Å². The number of carbonyl (C=O) groups is 2. The summed E-state index contributed by atoms with van der Waals surface area (Å²) in [5.74, 6) is -0.558. The molecule has 0 bridgehead atoms. The zero-order chi connectivity index (χ0) is 21.0. The molecule has 1 unspecified atom stereocenters. The summed E-state index contributed by atoms with van der Waals surface area (Å²) in [6.07, 6.45) is 2.19. The molecule has 1 saturated heterocycles. The summed E-state index contributed by atoms with van der Waals surface area (Å²) in [6, 6.07) is 6.26. The van der Waals surface area contributed by atoms with Gasteiger partial charge in [-0.2, -0.15) is 0 Å². The molecule has 1 aliphatic heterocycles. The highest BCUT2D eigenvalue weighted by molar-refractivity contribution is 7.13. The van der Waals surface area contributed by atoms with E-state index in [1.165, 1.54) is 17.4 Å². The van der Waals surface area contributed by atoms with E-state index in [9.17, 15) is 14.0 Å². The Morgan fingerprint density at radius 1 is 1.31 bits per heavy atom.